The summed E-state index contributed by atoms with van der Waals surface area (Å²) in [5.41, 5.74) is 0.324. The van der Waals surface area contributed by atoms with Gasteiger partial charge in [0.2, 0.25) is 0 Å². The van der Waals surface area contributed by atoms with Crippen LogP contribution in [0.2, 0.25) is 0 Å². The molecule has 20 heavy (non-hydrogen) atoms. The number of carbonyl (C=O) groups is 2. The van der Waals surface area contributed by atoms with E-state index in [9.17, 15) is 9.59 Å². The van der Waals surface area contributed by atoms with Crippen LogP contribution in [0.5, 0.6) is 0 Å². The molecule has 5 nitrogen and oxygen atoms in total. The molecule has 1 aliphatic heterocycles. The molecule has 0 saturated carbocycles. The molecule has 0 spiro atoms. The van der Waals surface area contributed by atoms with Crippen molar-refractivity contribution in [3.63, 3.8) is 0 Å². The number of carboxylic acids is 1. The molecule has 1 atom stereocenters. The van der Waals surface area contributed by atoms with Gasteiger partial charge in [-0.1, -0.05) is 27.2 Å². The molecule has 1 heterocycles. The van der Waals surface area contributed by atoms with E-state index in [4.69, 9.17) is 5.11 Å². The first kappa shape index (κ1) is 16.8. The number of aliphatic carboxylic acids is 1. The zero-order chi connectivity index (χ0) is 15.3. The molecule has 0 radical (unpaired) electrons. The second kappa shape index (κ2) is 6.95. The number of nitrogens with zero attached hydrogens (tertiary/aromatic N) is 2. The molecule has 0 aromatic rings. The number of amides is 2. The van der Waals surface area contributed by atoms with Crippen molar-refractivity contribution in [2.75, 3.05) is 19.6 Å². The van der Waals surface area contributed by atoms with Gasteiger partial charge in [0.15, 0.2) is 0 Å². The van der Waals surface area contributed by atoms with Crippen LogP contribution in [-0.4, -0.2) is 52.6 Å². The summed E-state index contributed by atoms with van der Waals surface area (Å²) in [7, 11) is 0. The molecule has 116 valence electrons. The maximum Gasteiger partial charge on any atom is 0.323 e. The molecule has 1 N–H and O–H groups in total. The fourth-order valence-corrected chi connectivity index (χ4v) is 2.55. The van der Waals surface area contributed by atoms with Crippen molar-refractivity contribution in [1.29, 1.82) is 0 Å². The van der Waals surface area contributed by atoms with Crippen LogP contribution in [0.15, 0.2) is 0 Å². The Morgan fingerprint density at radius 2 is 1.85 bits per heavy atom. The Hall–Kier alpha value is -1.26. The van der Waals surface area contributed by atoms with Gasteiger partial charge in [0.1, 0.15) is 6.54 Å². The van der Waals surface area contributed by atoms with E-state index < -0.39 is 5.97 Å². The zero-order valence-electron chi connectivity index (χ0n) is 13.2. The number of piperidine rings is 1. The minimum Gasteiger partial charge on any atom is -0.480 e. The molecule has 1 saturated heterocycles. The molecular formula is C15H28N2O3. The van der Waals surface area contributed by atoms with Crippen molar-refractivity contribution < 1.29 is 14.7 Å². The largest absolute Gasteiger partial charge is 0.480 e. The number of urea groups is 1. The van der Waals surface area contributed by atoms with E-state index in [0.29, 0.717) is 5.41 Å². The minimum atomic E-state index is -0.950. The van der Waals surface area contributed by atoms with Crippen molar-refractivity contribution in [3.05, 3.63) is 0 Å². The van der Waals surface area contributed by atoms with Crippen LogP contribution in [0.3, 0.4) is 0 Å². The third-order valence-corrected chi connectivity index (χ3v) is 4.77. The quantitative estimate of drug-likeness (QED) is 0.844. The van der Waals surface area contributed by atoms with Crippen LogP contribution < -0.4 is 0 Å². The normalized spacial score (nSPS) is 19.5. The van der Waals surface area contributed by atoms with Crippen LogP contribution in [0, 0.1) is 5.41 Å². The van der Waals surface area contributed by atoms with Crippen molar-refractivity contribution in [1.82, 2.24) is 9.80 Å². The lowest BCUT2D eigenvalue weighted by Gasteiger charge is -2.41. The Labute approximate surface area is 121 Å². The highest BCUT2D eigenvalue weighted by molar-refractivity contribution is 5.80. The molecule has 0 aromatic heterocycles. The summed E-state index contributed by atoms with van der Waals surface area (Å²) in [4.78, 5) is 26.8. The number of carboxylic acid groups (broad SMARTS) is 1. The smallest absolute Gasteiger partial charge is 0.323 e. The van der Waals surface area contributed by atoms with Crippen LogP contribution >= 0.6 is 0 Å². The van der Waals surface area contributed by atoms with E-state index in [0.717, 1.165) is 38.8 Å². The second-order valence-corrected chi connectivity index (χ2v) is 6.21. The number of hydrogen-bond acceptors (Lipinski definition) is 2. The van der Waals surface area contributed by atoms with E-state index in [1.54, 1.807) is 0 Å². The zero-order valence-corrected chi connectivity index (χ0v) is 13.2. The molecule has 1 rings (SSSR count). The molecule has 0 bridgehead atoms. The lowest BCUT2D eigenvalue weighted by Crippen LogP contribution is -2.52. The van der Waals surface area contributed by atoms with Crippen molar-refractivity contribution >= 4 is 12.0 Å². The first-order chi connectivity index (χ1) is 9.33. The van der Waals surface area contributed by atoms with E-state index in [1.165, 1.54) is 4.90 Å². The summed E-state index contributed by atoms with van der Waals surface area (Å²) < 4.78 is 0. The van der Waals surface area contributed by atoms with E-state index >= 15 is 0 Å². The fourth-order valence-electron chi connectivity index (χ4n) is 2.55. The highest BCUT2D eigenvalue weighted by Crippen LogP contribution is 2.34. The fraction of sp³-hybridized carbons (Fsp3) is 0.867. The van der Waals surface area contributed by atoms with E-state index in [2.05, 4.69) is 13.8 Å². The van der Waals surface area contributed by atoms with Gasteiger partial charge in [-0.3, -0.25) is 4.79 Å². The van der Waals surface area contributed by atoms with Gasteiger partial charge in [-0.25, -0.2) is 4.79 Å². The van der Waals surface area contributed by atoms with Gasteiger partial charge in [-0.05, 0) is 31.6 Å². The Morgan fingerprint density at radius 3 is 2.25 bits per heavy atom. The lowest BCUT2D eigenvalue weighted by atomic mass is 9.78. The maximum absolute atomic E-state index is 12.5. The number of hydrogen-bond donors (Lipinski definition) is 1. The number of rotatable bonds is 5. The van der Waals surface area contributed by atoms with Crippen LogP contribution in [0.25, 0.3) is 0 Å². The summed E-state index contributed by atoms with van der Waals surface area (Å²) in [6.07, 6.45) is 3.88. The SMILES string of the molecule is CCC(C)N(CC(=O)O)C(=O)N1CCC(C)(CC)CC1. The standard InChI is InChI=1S/C15H28N2O3/c1-5-12(3)17(11-13(18)19)14(20)16-9-7-15(4,6-2)8-10-16/h12H,5-11H2,1-4H3,(H,18,19). The third kappa shape index (κ3) is 4.12. The molecule has 5 heteroatoms. The summed E-state index contributed by atoms with van der Waals surface area (Å²) in [5.74, 6) is -0.950. The maximum atomic E-state index is 12.5. The Kier molecular flexibility index (Phi) is 5.84. The monoisotopic (exact) mass is 284 g/mol. The second-order valence-electron chi connectivity index (χ2n) is 6.21. The lowest BCUT2D eigenvalue weighted by molar-refractivity contribution is -0.138. The molecular weight excluding hydrogens is 256 g/mol. The van der Waals surface area contributed by atoms with E-state index in [-0.39, 0.29) is 18.6 Å². The average molecular weight is 284 g/mol. The summed E-state index contributed by atoms with van der Waals surface area (Å²) in [6, 6.07) is -0.169. The molecule has 1 unspecified atom stereocenters. The molecule has 1 fully saturated rings. The predicted octanol–water partition coefficient (Wildman–Crippen LogP) is 2.80. The van der Waals surface area contributed by atoms with Crippen molar-refractivity contribution in [3.8, 4) is 0 Å². The summed E-state index contributed by atoms with van der Waals surface area (Å²) in [6.45, 7) is 9.57. The first-order valence-electron chi connectivity index (χ1n) is 7.60. The molecule has 1 aliphatic rings. The minimum absolute atomic E-state index is 0.0434. The molecule has 0 aliphatic carbocycles. The van der Waals surface area contributed by atoms with Crippen molar-refractivity contribution in [2.24, 2.45) is 5.41 Å². The predicted molar refractivity (Wildman–Crippen MR) is 78.7 cm³/mol. The van der Waals surface area contributed by atoms with Gasteiger partial charge in [-0.2, -0.15) is 0 Å². The number of likely N-dealkylation sites (tertiary alicyclic amines) is 1. The molecule has 0 aromatic carbocycles. The molecule has 2 amide bonds. The van der Waals surface area contributed by atoms with E-state index in [1.807, 2.05) is 18.7 Å². The topological polar surface area (TPSA) is 60.9 Å². The van der Waals surface area contributed by atoms with Gasteiger partial charge in [0.25, 0.3) is 0 Å². The number of carbonyl (C=O) groups excluding carboxylic acids is 1. The highest BCUT2D eigenvalue weighted by Gasteiger charge is 2.33. The first-order valence-corrected chi connectivity index (χ1v) is 7.60. The van der Waals surface area contributed by atoms with Gasteiger partial charge in [-0.15, -0.1) is 0 Å². The van der Waals surface area contributed by atoms with Crippen molar-refractivity contribution in [2.45, 2.75) is 59.4 Å². The van der Waals surface area contributed by atoms with Gasteiger partial charge < -0.3 is 14.9 Å². The van der Waals surface area contributed by atoms with Crippen LogP contribution in [-0.2, 0) is 4.79 Å². The van der Waals surface area contributed by atoms with Crippen LogP contribution in [0.1, 0.15) is 53.4 Å². The average Bonchev–Trinajstić information content (AvgIpc) is 2.44. The van der Waals surface area contributed by atoms with Crippen LogP contribution in [0.4, 0.5) is 4.79 Å². The Morgan fingerprint density at radius 1 is 1.30 bits per heavy atom. The van der Waals surface area contributed by atoms with Gasteiger partial charge >= 0.3 is 12.0 Å². The summed E-state index contributed by atoms with van der Waals surface area (Å²) >= 11 is 0. The Balaban J connectivity index is 2.69. The summed E-state index contributed by atoms with van der Waals surface area (Å²) in [5, 5.41) is 8.98. The Bertz CT molecular complexity index is 349. The highest BCUT2D eigenvalue weighted by atomic mass is 16.4. The van der Waals surface area contributed by atoms with Gasteiger partial charge in [0.05, 0.1) is 0 Å². The van der Waals surface area contributed by atoms with Gasteiger partial charge in [0, 0.05) is 19.1 Å². The third-order valence-electron chi connectivity index (χ3n) is 4.77.